The number of hydrogen-bond donors (Lipinski definition) is 0. The Bertz CT molecular complexity index is 594. The van der Waals surface area contributed by atoms with Crippen molar-refractivity contribution >= 4 is 5.82 Å². The van der Waals surface area contributed by atoms with Crippen LogP contribution in [0.5, 0.6) is 0 Å². The number of aryl methyl sites for hydroxylation is 2. The third kappa shape index (κ3) is 2.40. The Morgan fingerprint density at radius 3 is 2.65 bits per heavy atom. The number of aromatic nitrogens is 2. The van der Waals surface area contributed by atoms with Crippen molar-refractivity contribution in [1.82, 2.24) is 9.97 Å². The molecule has 20 heavy (non-hydrogen) atoms. The van der Waals surface area contributed by atoms with Crippen LogP contribution >= 0.6 is 0 Å². The van der Waals surface area contributed by atoms with Crippen LogP contribution in [-0.2, 0) is 0 Å². The van der Waals surface area contributed by atoms with Gasteiger partial charge in [0.2, 0.25) is 0 Å². The third-order valence-electron chi connectivity index (χ3n) is 4.17. The molecule has 1 fully saturated rings. The summed E-state index contributed by atoms with van der Waals surface area (Å²) in [5.74, 6) is 1.64. The van der Waals surface area contributed by atoms with E-state index in [-0.39, 0.29) is 0 Å². The summed E-state index contributed by atoms with van der Waals surface area (Å²) in [6, 6.07) is 11.3. The molecule has 0 bridgehead atoms. The van der Waals surface area contributed by atoms with Gasteiger partial charge in [0.1, 0.15) is 0 Å². The quantitative estimate of drug-likeness (QED) is 0.834. The van der Waals surface area contributed by atoms with Gasteiger partial charge in [0.25, 0.3) is 0 Å². The lowest BCUT2D eigenvalue weighted by molar-refractivity contribution is 0.694. The highest BCUT2D eigenvalue weighted by atomic mass is 15.2. The second kappa shape index (κ2) is 5.23. The molecule has 0 aliphatic carbocycles. The maximum absolute atomic E-state index is 4.70. The number of benzene rings is 1. The molecule has 0 spiro atoms. The van der Waals surface area contributed by atoms with E-state index in [2.05, 4.69) is 47.1 Å². The first kappa shape index (κ1) is 13.1. The van der Waals surface area contributed by atoms with Crippen molar-refractivity contribution in [2.24, 2.45) is 0 Å². The second-order valence-corrected chi connectivity index (χ2v) is 5.77. The molecule has 0 saturated carbocycles. The minimum Gasteiger partial charge on any atom is -0.352 e. The molecule has 2 atom stereocenters. The van der Waals surface area contributed by atoms with Crippen LogP contribution in [0.15, 0.2) is 36.5 Å². The molecule has 0 radical (unpaired) electrons. The number of anilines is 1. The van der Waals surface area contributed by atoms with Gasteiger partial charge in [0.15, 0.2) is 5.82 Å². The molecule has 3 rings (SSSR count). The van der Waals surface area contributed by atoms with Gasteiger partial charge in [0, 0.05) is 24.7 Å². The molecule has 2 heterocycles. The van der Waals surface area contributed by atoms with E-state index in [0.717, 1.165) is 23.8 Å². The zero-order valence-corrected chi connectivity index (χ0v) is 12.4. The van der Waals surface area contributed by atoms with Gasteiger partial charge in [-0.1, -0.05) is 30.3 Å². The molecule has 1 aliphatic heterocycles. The van der Waals surface area contributed by atoms with E-state index < -0.39 is 0 Å². The molecule has 3 heteroatoms. The van der Waals surface area contributed by atoms with Gasteiger partial charge in [-0.05, 0) is 32.8 Å². The summed E-state index contributed by atoms with van der Waals surface area (Å²) in [4.78, 5) is 11.6. The molecular formula is C17H21N3. The molecule has 0 amide bonds. The lowest BCUT2D eigenvalue weighted by Gasteiger charge is -2.24. The Labute approximate surface area is 120 Å². The summed E-state index contributed by atoms with van der Waals surface area (Å²) in [6.07, 6.45) is 3.02. The Balaban J connectivity index is 1.87. The highest BCUT2D eigenvalue weighted by Gasteiger charge is 2.31. The lowest BCUT2D eigenvalue weighted by atomic mass is 9.97. The Hall–Kier alpha value is -1.90. The van der Waals surface area contributed by atoms with Crippen LogP contribution in [0.25, 0.3) is 0 Å². The van der Waals surface area contributed by atoms with Gasteiger partial charge >= 0.3 is 0 Å². The molecule has 1 aliphatic rings. The Morgan fingerprint density at radius 1 is 1.15 bits per heavy atom. The minimum absolute atomic E-state index is 0.509. The van der Waals surface area contributed by atoms with Crippen molar-refractivity contribution in [2.75, 3.05) is 11.4 Å². The molecule has 1 aromatic carbocycles. The van der Waals surface area contributed by atoms with Crippen LogP contribution in [0.1, 0.15) is 36.2 Å². The zero-order chi connectivity index (χ0) is 14.1. The van der Waals surface area contributed by atoms with Crippen molar-refractivity contribution in [1.29, 1.82) is 0 Å². The lowest BCUT2D eigenvalue weighted by Crippen LogP contribution is -2.28. The fourth-order valence-corrected chi connectivity index (χ4v) is 3.09. The van der Waals surface area contributed by atoms with Crippen molar-refractivity contribution in [2.45, 2.75) is 39.2 Å². The SMILES string of the molecule is Cc1cnc(C)c(N2CC(c3ccccc3)CC2C)n1. The largest absolute Gasteiger partial charge is 0.352 e. The van der Waals surface area contributed by atoms with Crippen molar-refractivity contribution in [3.63, 3.8) is 0 Å². The fraction of sp³-hybridized carbons (Fsp3) is 0.412. The Kier molecular flexibility index (Phi) is 3.43. The highest BCUT2D eigenvalue weighted by Crippen LogP contribution is 2.34. The topological polar surface area (TPSA) is 29.0 Å². The van der Waals surface area contributed by atoms with Gasteiger partial charge in [0.05, 0.1) is 11.4 Å². The van der Waals surface area contributed by atoms with Crippen LogP contribution in [0, 0.1) is 13.8 Å². The van der Waals surface area contributed by atoms with Crippen molar-refractivity contribution < 1.29 is 0 Å². The normalized spacial score (nSPS) is 22.2. The first-order valence-electron chi connectivity index (χ1n) is 7.27. The first-order valence-corrected chi connectivity index (χ1v) is 7.27. The van der Waals surface area contributed by atoms with E-state index >= 15 is 0 Å². The predicted molar refractivity (Wildman–Crippen MR) is 82.1 cm³/mol. The van der Waals surface area contributed by atoms with Crippen LogP contribution in [-0.4, -0.2) is 22.6 Å². The van der Waals surface area contributed by atoms with Gasteiger partial charge in [-0.25, -0.2) is 4.98 Å². The molecule has 1 aromatic heterocycles. The third-order valence-corrected chi connectivity index (χ3v) is 4.17. The average Bonchev–Trinajstić information content (AvgIpc) is 2.84. The summed E-state index contributed by atoms with van der Waals surface area (Å²) < 4.78 is 0. The monoisotopic (exact) mass is 267 g/mol. The van der Waals surface area contributed by atoms with Gasteiger partial charge in [-0.15, -0.1) is 0 Å². The number of hydrogen-bond acceptors (Lipinski definition) is 3. The molecular weight excluding hydrogens is 246 g/mol. The Morgan fingerprint density at radius 2 is 1.90 bits per heavy atom. The van der Waals surface area contributed by atoms with Crippen molar-refractivity contribution in [3.8, 4) is 0 Å². The average molecular weight is 267 g/mol. The van der Waals surface area contributed by atoms with Gasteiger partial charge in [-0.2, -0.15) is 0 Å². The van der Waals surface area contributed by atoms with Crippen LogP contribution in [0.2, 0.25) is 0 Å². The van der Waals surface area contributed by atoms with Crippen LogP contribution < -0.4 is 4.90 Å². The summed E-state index contributed by atoms with van der Waals surface area (Å²) in [5.41, 5.74) is 3.44. The maximum Gasteiger partial charge on any atom is 0.150 e. The molecule has 0 N–H and O–H groups in total. The highest BCUT2D eigenvalue weighted by molar-refractivity contribution is 5.47. The van der Waals surface area contributed by atoms with E-state index in [1.807, 2.05) is 20.0 Å². The van der Waals surface area contributed by atoms with E-state index in [0.29, 0.717) is 12.0 Å². The van der Waals surface area contributed by atoms with E-state index in [1.54, 1.807) is 0 Å². The van der Waals surface area contributed by atoms with Crippen LogP contribution in [0.3, 0.4) is 0 Å². The summed E-state index contributed by atoms with van der Waals surface area (Å²) in [5, 5.41) is 0. The molecule has 1 saturated heterocycles. The first-order chi connectivity index (χ1) is 9.65. The zero-order valence-electron chi connectivity index (χ0n) is 12.4. The molecule has 2 aromatic rings. The second-order valence-electron chi connectivity index (χ2n) is 5.77. The molecule has 104 valence electrons. The molecule has 3 nitrogen and oxygen atoms in total. The van der Waals surface area contributed by atoms with Gasteiger partial charge in [-0.3, -0.25) is 4.98 Å². The summed E-state index contributed by atoms with van der Waals surface area (Å²) in [6.45, 7) is 7.37. The van der Waals surface area contributed by atoms with E-state index in [1.165, 1.54) is 12.0 Å². The smallest absolute Gasteiger partial charge is 0.150 e. The number of nitrogens with zero attached hydrogens (tertiary/aromatic N) is 3. The molecule has 2 unspecified atom stereocenters. The standard InChI is InChI=1S/C17H21N3/c1-12-10-18-14(3)17(19-12)20-11-16(9-13(20)2)15-7-5-4-6-8-15/h4-8,10,13,16H,9,11H2,1-3H3. The summed E-state index contributed by atoms with van der Waals surface area (Å²) >= 11 is 0. The van der Waals surface area contributed by atoms with Crippen molar-refractivity contribution in [3.05, 3.63) is 53.5 Å². The fourth-order valence-electron chi connectivity index (χ4n) is 3.09. The number of rotatable bonds is 2. The summed E-state index contributed by atoms with van der Waals surface area (Å²) in [7, 11) is 0. The van der Waals surface area contributed by atoms with Gasteiger partial charge < -0.3 is 4.90 Å². The predicted octanol–water partition coefficient (Wildman–Crippen LogP) is 3.48. The van der Waals surface area contributed by atoms with Crippen LogP contribution in [0.4, 0.5) is 5.82 Å². The van der Waals surface area contributed by atoms with E-state index in [4.69, 9.17) is 4.98 Å². The maximum atomic E-state index is 4.70. The minimum atomic E-state index is 0.509. The van der Waals surface area contributed by atoms with E-state index in [9.17, 15) is 0 Å².